The Hall–Kier alpha value is -3.20. The average molecular weight is 386 g/mol. The number of aryl methyl sites for hydroxylation is 2. The Morgan fingerprint density at radius 3 is 2.33 bits per heavy atom. The molecule has 1 heterocycles. The highest BCUT2D eigenvalue weighted by atomic mass is 32.2. The summed E-state index contributed by atoms with van der Waals surface area (Å²) < 4.78 is 24.6. The highest BCUT2D eigenvalue weighted by molar-refractivity contribution is 7.90. The zero-order chi connectivity index (χ0) is 19.8. The van der Waals surface area contributed by atoms with Crippen molar-refractivity contribution in [3.8, 4) is 11.4 Å². The molecule has 2 aromatic carbocycles. The zero-order valence-corrected chi connectivity index (χ0v) is 15.8. The number of sulfone groups is 1. The number of aromatic hydroxyl groups is 1. The number of azo groups is 1. The van der Waals surface area contributed by atoms with Crippen molar-refractivity contribution in [3.63, 3.8) is 0 Å². The van der Waals surface area contributed by atoms with Crippen molar-refractivity contribution >= 4 is 21.2 Å². The Kier molecular flexibility index (Phi) is 4.71. The van der Waals surface area contributed by atoms with E-state index in [1.807, 2.05) is 19.1 Å². The van der Waals surface area contributed by atoms with Crippen LogP contribution < -0.4 is 5.56 Å². The largest absolute Gasteiger partial charge is 0.506 e. The van der Waals surface area contributed by atoms with E-state index in [2.05, 4.69) is 15.3 Å². The number of aromatic amines is 1. The maximum atomic E-state index is 12.6. The normalized spacial score (nSPS) is 12.0. The van der Waals surface area contributed by atoms with Crippen LogP contribution in [0, 0.1) is 13.8 Å². The fourth-order valence-corrected chi connectivity index (χ4v) is 3.09. The Bertz CT molecular complexity index is 1190. The molecule has 3 rings (SSSR count). The van der Waals surface area contributed by atoms with Gasteiger partial charge in [-0.2, -0.15) is 0 Å². The summed E-state index contributed by atoms with van der Waals surface area (Å²) in [4.78, 5) is 12.6. The molecule has 0 saturated heterocycles. The van der Waals surface area contributed by atoms with E-state index in [0.29, 0.717) is 11.4 Å². The molecule has 0 radical (unpaired) electrons. The van der Waals surface area contributed by atoms with Crippen LogP contribution in [0.4, 0.5) is 11.4 Å². The summed E-state index contributed by atoms with van der Waals surface area (Å²) in [6.07, 6.45) is 1.05. The van der Waals surface area contributed by atoms with Crippen LogP contribution in [-0.2, 0) is 9.84 Å². The van der Waals surface area contributed by atoms with E-state index >= 15 is 0 Å². The first-order valence-electron chi connectivity index (χ1n) is 8.00. The van der Waals surface area contributed by atoms with E-state index in [0.717, 1.165) is 11.8 Å². The monoisotopic (exact) mass is 386 g/mol. The molecule has 0 aliphatic rings. The standard InChI is InChI=1S/C18H18N4O4S/c1-11-4-6-13(7-5-11)22-18(24)17(12(2)21-22)20-19-15-10-14(27(3,25)26)8-9-16(15)23/h4-10,21,23H,1-3H3. The number of phenolic OH excluding ortho intramolecular Hbond substituents is 1. The summed E-state index contributed by atoms with van der Waals surface area (Å²) >= 11 is 0. The second-order valence-electron chi connectivity index (χ2n) is 6.18. The van der Waals surface area contributed by atoms with Crippen molar-refractivity contribution in [1.82, 2.24) is 9.78 Å². The summed E-state index contributed by atoms with van der Waals surface area (Å²) in [5, 5.41) is 20.6. The lowest BCUT2D eigenvalue weighted by Gasteiger charge is -2.01. The Morgan fingerprint density at radius 1 is 1.04 bits per heavy atom. The maximum absolute atomic E-state index is 12.6. The lowest BCUT2D eigenvalue weighted by molar-refractivity contribution is 0.476. The van der Waals surface area contributed by atoms with Crippen LogP contribution in [-0.4, -0.2) is 29.6 Å². The third-order valence-electron chi connectivity index (χ3n) is 3.97. The van der Waals surface area contributed by atoms with Crippen molar-refractivity contribution in [2.24, 2.45) is 10.2 Å². The molecule has 2 N–H and O–H groups in total. The molecule has 8 nitrogen and oxygen atoms in total. The summed E-state index contributed by atoms with van der Waals surface area (Å²) in [6.45, 7) is 3.62. The van der Waals surface area contributed by atoms with Gasteiger partial charge in [-0.3, -0.25) is 9.89 Å². The molecule has 0 saturated carbocycles. The molecule has 0 atom stereocenters. The highest BCUT2D eigenvalue weighted by Crippen LogP contribution is 2.30. The minimum atomic E-state index is -3.46. The first kappa shape index (κ1) is 18.6. The molecule has 0 fully saturated rings. The van der Waals surface area contributed by atoms with Gasteiger partial charge in [-0.1, -0.05) is 17.7 Å². The Balaban J connectivity index is 2.02. The summed E-state index contributed by atoms with van der Waals surface area (Å²) in [5.41, 5.74) is 1.83. The number of aromatic nitrogens is 2. The van der Waals surface area contributed by atoms with Crippen LogP contribution in [0.25, 0.3) is 5.69 Å². The minimum Gasteiger partial charge on any atom is -0.506 e. The number of H-pyrrole nitrogens is 1. The van der Waals surface area contributed by atoms with Gasteiger partial charge in [0, 0.05) is 6.26 Å². The smallest absolute Gasteiger partial charge is 0.299 e. The van der Waals surface area contributed by atoms with E-state index in [9.17, 15) is 18.3 Å². The SMILES string of the molecule is Cc1ccc(-n2[nH]c(C)c(N=Nc3cc(S(C)(=O)=O)ccc3O)c2=O)cc1. The molecule has 0 spiro atoms. The second-order valence-corrected chi connectivity index (χ2v) is 8.20. The summed E-state index contributed by atoms with van der Waals surface area (Å²) in [5.74, 6) is -0.238. The molecular weight excluding hydrogens is 368 g/mol. The molecule has 1 aromatic heterocycles. The molecule has 0 bridgehead atoms. The first-order chi connectivity index (χ1) is 12.7. The fraction of sp³-hybridized carbons (Fsp3) is 0.167. The van der Waals surface area contributed by atoms with Crippen molar-refractivity contribution in [3.05, 3.63) is 64.1 Å². The van der Waals surface area contributed by atoms with Crippen LogP contribution in [0.15, 0.2) is 62.4 Å². The number of hydrogen-bond donors (Lipinski definition) is 2. The molecule has 140 valence electrons. The van der Waals surface area contributed by atoms with E-state index in [4.69, 9.17) is 0 Å². The van der Waals surface area contributed by atoms with Crippen LogP contribution in [0.1, 0.15) is 11.3 Å². The van der Waals surface area contributed by atoms with Crippen LogP contribution in [0.5, 0.6) is 5.75 Å². The first-order valence-corrected chi connectivity index (χ1v) is 9.89. The van der Waals surface area contributed by atoms with E-state index in [-0.39, 0.29) is 22.0 Å². The summed E-state index contributed by atoms with van der Waals surface area (Å²) in [7, 11) is -3.46. The van der Waals surface area contributed by atoms with Crippen molar-refractivity contribution in [1.29, 1.82) is 0 Å². The van der Waals surface area contributed by atoms with Crippen LogP contribution in [0.3, 0.4) is 0 Å². The van der Waals surface area contributed by atoms with E-state index in [1.165, 1.54) is 22.9 Å². The third kappa shape index (κ3) is 3.82. The quantitative estimate of drug-likeness (QED) is 0.669. The van der Waals surface area contributed by atoms with Crippen molar-refractivity contribution in [2.75, 3.05) is 6.26 Å². The predicted octanol–water partition coefficient (Wildman–Crippen LogP) is 3.31. The highest BCUT2D eigenvalue weighted by Gasteiger charge is 2.14. The minimum absolute atomic E-state index is 0.00268. The van der Waals surface area contributed by atoms with Crippen molar-refractivity contribution in [2.45, 2.75) is 18.7 Å². The molecule has 0 aliphatic heterocycles. The number of rotatable bonds is 4. The summed E-state index contributed by atoms with van der Waals surface area (Å²) in [6, 6.07) is 11.1. The average Bonchev–Trinajstić information content (AvgIpc) is 2.88. The zero-order valence-electron chi connectivity index (χ0n) is 15.0. The van der Waals surface area contributed by atoms with Crippen LogP contribution >= 0.6 is 0 Å². The van der Waals surface area contributed by atoms with Gasteiger partial charge in [0.25, 0.3) is 5.56 Å². The number of benzene rings is 2. The predicted molar refractivity (Wildman–Crippen MR) is 101 cm³/mol. The van der Waals surface area contributed by atoms with Crippen LogP contribution in [0.2, 0.25) is 0 Å². The van der Waals surface area contributed by atoms with Gasteiger partial charge in [-0.25, -0.2) is 13.1 Å². The van der Waals surface area contributed by atoms with Gasteiger partial charge in [0.05, 0.1) is 16.3 Å². The van der Waals surface area contributed by atoms with Gasteiger partial charge in [-0.15, -0.1) is 10.2 Å². The van der Waals surface area contributed by atoms with Gasteiger partial charge in [0.1, 0.15) is 11.4 Å². The van der Waals surface area contributed by atoms with Gasteiger partial charge >= 0.3 is 0 Å². The van der Waals surface area contributed by atoms with Gasteiger partial charge in [0.15, 0.2) is 15.5 Å². The van der Waals surface area contributed by atoms with Gasteiger partial charge in [-0.05, 0) is 44.2 Å². The molecule has 27 heavy (non-hydrogen) atoms. The molecule has 3 aromatic rings. The number of phenols is 1. The number of nitrogens with zero attached hydrogens (tertiary/aromatic N) is 3. The molecule has 9 heteroatoms. The number of nitrogens with one attached hydrogen (secondary N) is 1. The van der Waals surface area contributed by atoms with E-state index < -0.39 is 15.4 Å². The fourth-order valence-electron chi connectivity index (χ4n) is 2.45. The lowest BCUT2D eigenvalue weighted by atomic mass is 10.2. The Labute approximate surface area is 155 Å². The molecule has 0 aliphatic carbocycles. The Morgan fingerprint density at radius 2 is 1.70 bits per heavy atom. The van der Waals surface area contributed by atoms with Gasteiger partial charge < -0.3 is 5.11 Å². The second kappa shape index (κ2) is 6.84. The third-order valence-corrected chi connectivity index (χ3v) is 5.08. The van der Waals surface area contributed by atoms with E-state index in [1.54, 1.807) is 19.1 Å². The van der Waals surface area contributed by atoms with Crippen molar-refractivity contribution < 1.29 is 13.5 Å². The molecular formula is C18H18N4O4S. The number of hydrogen-bond acceptors (Lipinski definition) is 6. The molecule has 0 unspecified atom stereocenters. The maximum Gasteiger partial charge on any atom is 0.299 e. The lowest BCUT2D eigenvalue weighted by Crippen LogP contribution is -2.13. The van der Waals surface area contributed by atoms with Gasteiger partial charge in [0.2, 0.25) is 0 Å². The molecule has 0 amide bonds. The topological polar surface area (TPSA) is 117 Å².